The molecule has 0 aliphatic heterocycles. The molecule has 0 spiro atoms. The van der Waals surface area contributed by atoms with Crippen molar-refractivity contribution >= 4 is 41.7 Å². The summed E-state index contributed by atoms with van der Waals surface area (Å²) in [4.78, 5) is 72.3. The van der Waals surface area contributed by atoms with Gasteiger partial charge in [-0.2, -0.15) is 26.3 Å². The number of nitrogens with two attached hydrogens (primary N) is 1. The van der Waals surface area contributed by atoms with Crippen molar-refractivity contribution in [2.45, 2.75) is 57.0 Å². The van der Waals surface area contributed by atoms with Crippen molar-refractivity contribution in [3.05, 3.63) is 102 Å². The molecule has 3 aromatic rings. The quantitative estimate of drug-likeness (QED) is 0.0466. The van der Waals surface area contributed by atoms with Crippen molar-refractivity contribution < 1.29 is 70.4 Å². The van der Waals surface area contributed by atoms with Crippen LogP contribution in [-0.4, -0.2) is 95.0 Å². The SMILES string of the molecule is CCC(=O)NCCNC(=O)NC(N)=NCCC[C@@H](NC(=O)C(c1ccccc1)c1ccccc1)C(=O)NCc1ccc(O)cc1.O=C(O)C(F)(F)F.O=C(O)C(F)(F)F. The van der Waals surface area contributed by atoms with E-state index in [-0.39, 0.29) is 62.0 Å². The number of aliphatic carboxylic acids is 2. The number of carboxylic acids is 2. The van der Waals surface area contributed by atoms with E-state index in [0.29, 0.717) is 12.8 Å². The van der Waals surface area contributed by atoms with Crippen molar-refractivity contribution in [3.63, 3.8) is 0 Å². The van der Waals surface area contributed by atoms with Gasteiger partial charge in [-0.1, -0.05) is 79.7 Å². The standard InChI is InChI=1S/C33H41N7O5.2C2HF3O2/c1-2-28(42)35-20-21-37-33(45)40-32(34)36-19-9-14-27(30(43)38-22-23-15-17-26(41)18-16-23)39-31(44)29(24-10-5-3-6-11-24)25-12-7-4-8-13-25;2*3-2(4,5)1(6)7/h3-8,10-13,15-18,27,29,41H,2,9,14,19-22H2,1H3,(H,35,42)(H,38,43)(H,39,44)(H4,34,36,37,40,45);2*(H,6,7)/t27-;;/m1../s1. The topological polar surface area (TPSA) is 262 Å². The van der Waals surface area contributed by atoms with Crippen molar-refractivity contribution in [3.8, 4) is 5.75 Å². The number of phenols is 1. The van der Waals surface area contributed by atoms with E-state index in [2.05, 4.69) is 31.6 Å². The summed E-state index contributed by atoms with van der Waals surface area (Å²) in [7, 11) is 0. The Kier molecular flexibility index (Phi) is 21.6. The lowest BCUT2D eigenvalue weighted by molar-refractivity contribution is -0.193. The smallest absolute Gasteiger partial charge is 0.490 e. The maximum Gasteiger partial charge on any atom is 0.490 e. The molecule has 3 aromatic carbocycles. The third-order valence-corrected chi connectivity index (χ3v) is 7.28. The van der Waals surface area contributed by atoms with E-state index >= 15 is 0 Å². The number of halogens is 6. The molecule has 0 unspecified atom stereocenters. The highest BCUT2D eigenvalue weighted by Crippen LogP contribution is 2.25. The zero-order chi connectivity index (χ0) is 44.6. The molecule has 59 heavy (non-hydrogen) atoms. The summed E-state index contributed by atoms with van der Waals surface area (Å²) in [6.45, 7) is 2.64. The van der Waals surface area contributed by atoms with Gasteiger partial charge in [0.1, 0.15) is 11.8 Å². The van der Waals surface area contributed by atoms with E-state index in [1.807, 2.05) is 60.7 Å². The average molecular weight is 844 g/mol. The van der Waals surface area contributed by atoms with Crippen molar-refractivity contribution in [1.82, 2.24) is 26.6 Å². The maximum atomic E-state index is 13.8. The Morgan fingerprint density at radius 3 is 1.64 bits per heavy atom. The van der Waals surface area contributed by atoms with Gasteiger partial charge < -0.3 is 42.3 Å². The maximum absolute atomic E-state index is 13.8. The highest BCUT2D eigenvalue weighted by Gasteiger charge is 2.39. The minimum atomic E-state index is -5.08. The molecule has 0 radical (unpaired) electrons. The van der Waals surface area contributed by atoms with Crippen LogP contribution in [0.15, 0.2) is 89.9 Å². The van der Waals surface area contributed by atoms with Gasteiger partial charge in [-0.05, 0) is 41.7 Å². The summed E-state index contributed by atoms with van der Waals surface area (Å²) in [5, 5.41) is 37.2. The zero-order valence-corrected chi connectivity index (χ0v) is 31.3. The van der Waals surface area contributed by atoms with Crippen LogP contribution in [-0.2, 0) is 30.5 Å². The van der Waals surface area contributed by atoms with Crippen LogP contribution in [0.25, 0.3) is 0 Å². The van der Waals surface area contributed by atoms with Gasteiger partial charge in [-0.15, -0.1) is 0 Å². The Morgan fingerprint density at radius 2 is 1.19 bits per heavy atom. The van der Waals surface area contributed by atoms with Crippen LogP contribution < -0.4 is 32.3 Å². The second kappa shape index (κ2) is 25.4. The molecule has 22 heteroatoms. The van der Waals surface area contributed by atoms with Crippen LogP contribution in [0.1, 0.15) is 48.8 Å². The summed E-state index contributed by atoms with van der Waals surface area (Å²) in [6, 6.07) is 23.7. The molecule has 0 fully saturated rings. The van der Waals surface area contributed by atoms with Gasteiger partial charge in [-0.25, -0.2) is 14.4 Å². The number of nitrogens with one attached hydrogen (secondary N) is 5. The van der Waals surface area contributed by atoms with E-state index in [1.54, 1.807) is 19.1 Å². The van der Waals surface area contributed by atoms with Crippen LogP contribution in [0, 0.1) is 0 Å². The third-order valence-electron chi connectivity index (χ3n) is 7.28. The molecular weight excluding hydrogens is 800 g/mol. The number of guanidine groups is 1. The molecular formula is C37H43F6N7O9. The number of hydrogen-bond donors (Lipinski definition) is 9. The van der Waals surface area contributed by atoms with Crippen LogP contribution in [0.4, 0.5) is 31.1 Å². The Hall–Kier alpha value is -6.87. The second-order valence-corrected chi connectivity index (χ2v) is 11.8. The fourth-order valence-electron chi connectivity index (χ4n) is 4.43. The summed E-state index contributed by atoms with van der Waals surface area (Å²) in [5.41, 5.74) is 8.20. The molecule has 5 amide bonds. The lowest BCUT2D eigenvalue weighted by Gasteiger charge is -2.23. The second-order valence-electron chi connectivity index (χ2n) is 11.8. The van der Waals surface area contributed by atoms with Crippen LogP contribution >= 0.6 is 0 Å². The number of phenolic OH excluding ortho intramolecular Hbond substituents is 1. The van der Waals surface area contributed by atoms with Gasteiger partial charge >= 0.3 is 30.3 Å². The van der Waals surface area contributed by atoms with E-state index in [9.17, 15) is 50.6 Å². The number of aliphatic imine (C=N–C) groups is 1. The summed E-state index contributed by atoms with van der Waals surface area (Å²) < 4.78 is 63.5. The Morgan fingerprint density at radius 1 is 0.712 bits per heavy atom. The zero-order valence-electron chi connectivity index (χ0n) is 31.3. The highest BCUT2D eigenvalue weighted by molar-refractivity contribution is 5.95. The van der Waals surface area contributed by atoms with Crippen LogP contribution in [0.5, 0.6) is 5.75 Å². The van der Waals surface area contributed by atoms with Crippen LogP contribution in [0.3, 0.4) is 0 Å². The fraction of sp³-hybridized carbons (Fsp3) is 0.324. The van der Waals surface area contributed by atoms with E-state index < -0.39 is 42.3 Å². The number of amides is 5. The Bertz CT molecular complexity index is 1770. The summed E-state index contributed by atoms with van der Waals surface area (Å²) in [5.74, 6) is -6.94. The van der Waals surface area contributed by atoms with Gasteiger partial charge in [0.25, 0.3) is 0 Å². The number of carbonyl (C=O) groups is 6. The van der Waals surface area contributed by atoms with Gasteiger partial charge in [0.15, 0.2) is 5.96 Å². The number of urea groups is 1. The van der Waals surface area contributed by atoms with Gasteiger partial charge in [0.05, 0.1) is 5.92 Å². The average Bonchev–Trinajstić information content (AvgIpc) is 3.18. The van der Waals surface area contributed by atoms with Crippen molar-refractivity contribution in [2.24, 2.45) is 10.7 Å². The molecule has 0 aromatic heterocycles. The first-order valence-electron chi connectivity index (χ1n) is 17.3. The highest BCUT2D eigenvalue weighted by atomic mass is 19.4. The molecule has 0 saturated carbocycles. The molecule has 0 heterocycles. The first-order chi connectivity index (χ1) is 27.6. The molecule has 1 atom stereocenters. The molecule has 10 N–H and O–H groups in total. The molecule has 322 valence electrons. The monoisotopic (exact) mass is 843 g/mol. The number of hydrogen-bond acceptors (Lipinski definition) is 8. The predicted octanol–water partition coefficient (Wildman–Crippen LogP) is 3.51. The molecule has 0 aliphatic rings. The molecule has 3 rings (SSSR count). The minimum Gasteiger partial charge on any atom is -0.508 e. The van der Waals surface area contributed by atoms with Gasteiger partial charge in [0.2, 0.25) is 17.7 Å². The number of rotatable bonds is 15. The lowest BCUT2D eigenvalue weighted by Crippen LogP contribution is -2.48. The first kappa shape index (κ1) is 50.1. The largest absolute Gasteiger partial charge is 0.508 e. The number of alkyl halides is 6. The number of benzene rings is 3. The molecule has 16 nitrogen and oxygen atoms in total. The van der Waals surface area contributed by atoms with Crippen molar-refractivity contribution in [1.29, 1.82) is 0 Å². The van der Waals surface area contributed by atoms with Gasteiger partial charge in [-0.3, -0.25) is 24.7 Å². The predicted molar refractivity (Wildman–Crippen MR) is 200 cm³/mol. The molecule has 0 saturated heterocycles. The number of nitrogens with zero attached hydrogens (tertiary/aromatic N) is 1. The van der Waals surface area contributed by atoms with E-state index in [4.69, 9.17) is 25.5 Å². The van der Waals surface area contributed by atoms with Crippen molar-refractivity contribution in [2.75, 3.05) is 19.6 Å². The molecule has 0 aliphatic carbocycles. The minimum absolute atomic E-state index is 0.101. The molecule has 0 bridgehead atoms. The summed E-state index contributed by atoms with van der Waals surface area (Å²) >= 11 is 0. The summed E-state index contributed by atoms with van der Waals surface area (Å²) in [6.07, 6.45) is -9.17. The Labute approximate surface area is 333 Å². The normalized spacial score (nSPS) is 11.6. The number of carboxylic acid groups (broad SMARTS) is 2. The Balaban J connectivity index is 0.00000106. The third kappa shape index (κ3) is 21.3. The lowest BCUT2D eigenvalue weighted by atomic mass is 9.90. The first-order valence-corrected chi connectivity index (χ1v) is 17.3. The number of carbonyl (C=O) groups excluding carboxylic acids is 4. The van der Waals surface area contributed by atoms with Gasteiger partial charge in [0, 0.05) is 32.6 Å². The number of aromatic hydroxyl groups is 1. The van der Waals surface area contributed by atoms with E-state index in [0.717, 1.165) is 16.7 Å². The fourth-order valence-corrected chi connectivity index (χ4v) is 4.43. The van der Waals surface area contributed by atoms with Crippen LogP contribution in [0.2, 0.25) is 0 Å². The van der Waals surface area contributed by atoms with E-state index in [1.165, 1.54) is 12.1 Å².